The van der Waals surface area contributed by atoms with E-state index in [2.05, 4.69) is 38.1 Å². The predicted molar refractivity (Wildman–Crippen MR) is 140 cm³/mol. The van der Waals surface area contributed by atoms with Crippen molar-refractivity contribution in [3.8, 4) is 0 Å². The third-order valence-electron chi connectivity index (χ3n) is 6.12. The van der Waals surface area contributed by atoms with Gasteiger partial charge in [-0.1, -0.05) is 84.8 Å². The average Bonchev–Trinajstić information content (AvgIpc) is 2.78. The Hall–Kier alpha value is -3.44. The monoisotopic (exact) mass is 428 g/mol. The second kappa shape index (κ2) is 9.58. The van der Waals surface area contributed by atoms with Crippen molar-refractivity contribution in [1.82, 2.24) is 0 Å². The maximum atomic E-state index is 5.81. The number of hydrogen-bond acceptors (Lipinski definition) is 4. The highest BCUT2D eigenvalue weighted by Crippen LogP contribution is 2.25. The molecular formula is C26H32N4Si. The van der Waals surface area contributed by atoms with Gasteiger partial charge in [0.05, 0.1) is 0 Å². The van der Waals surface area contributed by atoms with Crippen molar-refractivity contribution in [2.75, 3.05) is 22.9 Å². The summed E-state index contributed by atoms with van der Waals surface area (Å²) in [5, 5.41) is 4.96. The molecule has 4 rings (SSSR count). The first-order valence-corrected chi connectivity index (χ1v) is 13.1. The normalized spacial score (nSPS) is 11.0. The quantitative estimate of drug-likeness (QED) is 0.284. The lowest BCUT2D eigenvalue weighted by Crippen LogP contribution is -2.57. The first kappa shape index (κ1) is 22.2. The zero-order valence-electron chi connectivity index (χ0n) is 18.3. The van der Waals surface area contributed by atoms with Gasteiger partial charge < -0.3 is 22.9 Å². The number of benzene rings is 4. The fraction of sp³-hybridized carbons (Fsp3) is 0.154. The minimum Gasteiger partial charge on any atom is -0.399 e. The summed E-state index contributed by atoms with van der Waals surface area (Å²) in [4.78, 5) is 0. The summed E-state index contributed by atoms with van der Waals surface area (Å²) in [5.41, 5.74) is 26.4. The molecule has 31 heavy (non-hydrogen) atoms. The van der Waals surface area contributed by atoms with Gasteiger partial charge >= 0.3 is 0 Å². The Morgan fingerprint density at radius 3 is 1.19 bits per heavy atom. The molecule has 4 nitrogen and oxygen atoms in total. The van der Waals surface area contributed by atoms with Crippen LogP contribution >= 0.6 is 0 Å². The molecule has 4 aromatic rings. The van der Waals surface area contributed by atoms with Crippen molar-refractivity contribution in [3.63, 3.8) is 0 Å². The Kier molecular flexibility index (Phi) is 6.87. The van der Waals surface area contributed by atoms with Crippen LogP contribution in [-0.4, -0.2) is 8.07 Å². The molecule has 5 heteroatoms. The lowest BCUT2D eigenvalue weighted by molar-refractivity contribution is 1.29. The molecule has 0 saturated heterocycles. The zero-order valence-corrected chi connectivity index (χ0v) is 19.3. The Morgan fingerprint density at radius 2 is 0.871 bits per heavy atom. The molecule has 0 bridgehead atoms. The molecular weight excluding hydrogens is 396 g/mol. The van der Waals surface area contributed by atoms with Crippen LogP contribution in [-0.2, 0) is 0 Å². The fourth-order valence-electron chi connectivity index (χ4n) is 4.20. The Morgan fingerprint density at radius 1 is 0.516 bits per heavy atom. The first-order chi connectivity index (χ1) is 14.9. The summed E-state index contributed by atoms with van der Waals surface area (Å²) in [6.45, 7) is 4.59. The summed E-state index contributed by atoms with van der Waals surface area (Å²) in [5.74, 6) is 0. The van der Waals surface area contributed by atoms with Crippen molar-refractivity contribution in [2.45, 2.75) is 25.9 Å². The number of nitrogens with two attached hydrogens (primary N) is 4. The SMILES string of the molecule is CC[Si](CC)(c1ccc(N)cc1)c1ccc(N)cc1.Nc1cccc2c(N)cccc12. The van der Waals surface area contributed by atoms with Gasteiger partial charge in [0.2, 0.25) is 0 Å². The van der Waals surface area contributed by atoms with E-state index in [9.17, 15) is 0 Å². The molecule has 0 radical (unpaired) electrons. The second-order valence-corrected chi connectivity index (χ2v) is 12.6. The number of rotatable bonds is 4. The Labute approximate surface area is 185 Å². The molecule has 8 N–H and O–H groups in total. The van der Waals surface area contributed by atoms with Gasteiger partial charge in [0.1, 0.15) is 8.07 Å². The number of fused-ring (bicyclic) bond motifs is 1. The van der Waals surface area contributed by atoms with Gasteiger partial charge in [-0.3, -0.25) is 0 Å². The largest absolute Gasteiger partial charge is 0.399 e. The molecule has 0 spiro atoms. The van der Waals surface area contributed by atoms with Crippen LogP contribution in [0.1, 0.15) is 13.8 Å². The topological polar surface area (TPSA) is 104 Å². The highest BCUT2D eigenvalue weighted by Gasteiger charge is 2.33. The third-order valence-corrected chi connectivity index (χ3v) is 11.4. The predicted octanol–water partition coefficient (Wildman–Crippen LogP) is 4.46. The molecule has 0 unspecified atom stereocenters. The van der Waals surface area contributed by atoms with Crippen LogP contribution < -0.4 is 33.3 Å². The van der Waals surface area contributed by atoms with E-state index in [1.165, 1.54) is 22.5 Å². The maximum Gasteiger partial charge on any atom is 0.117 e. The third kappa shape index (κ3) is 4.67. The maximum absolute atomic E-state index is 5.81. The molecule has 0 saturated carbocycles. The van der Waals surface area contributed by atoms with E-state index in [1.54, 1.807) is 0 Å². The summed E-state index contributed by atoms with van der Waals surface area (Å²) >= 11 is 0. The molecule has 160 valence electrons. The van der Waals surface area contributed by atoms with E-state index in [0.29, 0.717) is 0 Å². The lowest BCUT2D eigenvalue weighted by atomic mass is 10.1. The minimum absolute atomic E-state index is 0.778. The molecule has 0 heterocycles. The van der Waals surface area contributed by atoms with Crippen LogP contribution in [0.15, 0.2) is 84.9 Å². The van der Waals surface area contributed by atoms with Crippen LogP contribution in [0.4, 0.5) is 22.7 Å². The van der Waals surface area contributed by atoms with Gasteiger partial charge in [0.15, 0.2) is 0 Å². The molecule has 0 aliphatic carbocycles. The number of anilines is 4. The van der Waals surface area contributed by atoms with E-state index in [4.69, 9.17) is 22.9 Å². The molecule has 0 amide bonds. The standard InChI is InChI=1S/C16H22N2Si.C10H10N2/c1-3-19(4-2,15-9-5-13(17)6-10-15)16-11-7-14(18)8-12-16;11-9-5-1-3-7-8(9)4-2-6-10(7)12/h5-12H,3-4,17-18H2,1-2H3;1-6H,11-12H2. The van der Waals surface area contributed by atoms with Crippen molar-refractivity contribution in [3.05, 3.63) is 84.9 Å². The van der Waals surface area contributed by atoms with Crippen molar-refractivity contribution < 1.29 is 0 Å². The van der Waals surface area contributed by atoms with Crippen LogP contribution in [0.25, 0.3) is 10.8 Å². The molecule has 0 aliphatic rings. The number of hydrogen-bond donors (Lipinski definition) is 4. The van der Waals surface area contributed by atoms with Gasteiger partial charge in [-0.2, -0.15) is 0 Å². The summed E-state index contributed by atoms with van der Waals surface area (Å²) < 4.78 is 0. The molecule has 0 fully saturated rings. The molecule has 0 aliphatic heterocycles. The van der Waals surface area contributed by atoms with Gasteiger partial charge in [-0.25, -0.2) is 0 Å². The molecule has 4 aromatic carbocycles. The fourth-order valence-corrected chi connectivity index (χ4v) is 8.27. The van der Waals surface area contributed by atoms with Crippen LogP contribution in [0.5, 0.6) is 0 Å². The lowest BCUT2D eigenvalue weighted by Gasteiger charge is -2.31. The Bertz CT molecular complexity index is 1050. The van der Waals surface area contributed by atoms with Crippen molar-refractivity contribution in [2.24, 2.45) is 0 Å². The Balaban J connectivity index is 0.000000194. The highest BCUT2D eigenvalue weighted by atomic mass is 28.3. The van der Waals surface area contributed by atoms with E-state index in [1.807, 2.05) is 60.7 Å². The van der Waals surface area contributed by atoms with E-state index in [0.717, 1.165) is 33.5 Å². The second-order valence-electron chi connectivity index (χ2n) is 7.82. The van der Waals surface area contributed by atoms with Gasteiger partial charge in [-0.15, -0.1) is 0 Å². The van der Waals surface area contributed by atoms with Crippen LogP contribution in [0.2, 0.25) is 12.1 Å². The summed E-state index contributed by atoms with van der Waals surface area (Å²) in [7, 11) is -1.65. The molecule has 0 aromatic heterocycles. The minimum atomic E-state index is -1.65. The number of nitrogen functional groups attached to an aromatic ring is 4. The summed E-state index contributed by atoms with van der Waals surface area (Å²) in [6, 6.07) is 30.8. The van der Waals surface area contributed by atoms with Gasteiger partial charge in [0, 0.05) is 33.5 Å². The highest BCUT2D eigenvalue weighted by molar-refractivity contribution is 7.02. The molecule has 0 atom stereocenters. The van der Waals surface area contributed by atoms with Crippen LogP contribution in [0, 0.1) is 0 Å². The van der Waals surface area contributed by atoms with E-state index < -0.39 is 8.07 Å². The zero-order chi connectivity index (χ0) is 22.4. The van der Waals surface area contributed by atoms with E-state index >= 15 is 0 Å². The average molecular weight is 429 g/mol. The van der Waals surface area contributed by atoms with Crippen molar-refractivity contribution in [1.29, 1.82) is 0 Å². The van der Waals surface area contributed by atoms with Gasteiger partial charge in [0.25, 0.3) is 0 Å². The smallest absolute Gasteiger partial charge is 0.117 e. The first-order valence-electron chi connectivity index (χ1n) is 10.7. The van der Waals surface area contributed by atoms with Crippen LogP contribution in [0.3, 0.4) is 0 Å². The van der Waals surface area contributed by atoms with Gasteiger partial charge in [-0.05, 0) is 36.4 Å². The summed E-state index contributed by atoms with van der Waals surface area (Å²) in [6.07, 6.45) is 0. The van der Waals surface area contributed by atoms with E-state index in [-0.39, 0.29) is 0 Å². The van der Waals surface area contributed by atoms with Crippen molar-refractivity contribution >= 4 is 52.0 Å².